The van der Waals surface area contributed by atoms with Gasteiger partial charge in [0.05, 0.1) is 6.04 Å². The van der Waals surface area contributed by atoms with Crippen LogP contribution in [0.2, 0.25) is 0 Å². The zero-order valence-electron chi connectivity index (χ0n) is 11.9. The summed E-state index contributed by atoms with van der Waals surface area (Å²) in [6, 6.07) is 10.1. The minimum Gasteiger partial charge on any atom is -0.334 e. The molecule has 0 saturated heterocycles. The summed E-state index contributed by atoms with van der Waals surface area (Å²) in [6.07, 6.45) is 3.17. The molecule has 1 fully saturated rings. The van der Waals surface area contributed by atoms with Crippen LogP contribution < -0.4 is 5.73 Å². The molecule has 104 valence electrons. The first-order valence-corrected chi connectivity index (χ1v) is 7.23. The van der Waals surface area contributed by atoms with Gasteiger partial charge in [-0.3, -0.25) is 4.79 Å². The second kappa shape index (κ2) is 6.20. The molecule has 1 saturated carbocycles. The summed E-state index contributed by atoms with van der Waals surface area (Å²) < 4.78 is 0. The van der Waals surface area contributed by atoms with Gasteiger partial charge >= 0.3 is 0 Å². The Morgan fingerprint density at radius 1 is 1.37 bits per heavy atom. The molecule has 1 aromatic rings. The van der Waals surface area contributed by atoms with Gasteiger partial charge in [0, 0.05) is 12.6 Å². The number of rotatable bonds is 6. The van der Waals surface area contributed by atoms with Crippen LogP contribution >= 0.6 is 0 Å². The lowest BCUT2D eigenvalue weighted by molar-refractivity contribution is -0.135. The van der Waals surface area contributed by atoms with Crippen LogP contribution in [-0.4, -0.2) is 22.9 Å². The van der Waals surface area contributed by atoms with E-state index in [1.54, 1.807) is 0 Å². The molecule has 1 unspecified atom stereocenters. The maximum Gasteiger partial charge on any atom is 0.240 e. The highest BCUT2D eigenvalue weighted by Crippen LogP contribution is 2.35. The van der Waals surface area contributed by atoms with E-state index >= 15 is 0 Å². The number of hydrogen-bond acceptors (Lipinski definition) is 2. The summed E-state index contributed by atoms with van der Waals surface area (Å²) in [5.41, 5.74) is 7.11. The molecule has 0 spiro atoms. The van der Waals surface area contributed by atoms with Gasteiger partial charge in [0.15, 0.2) is 0 Å². The van der Waals surface area contributed by atoms with E-state index in [1.807, 2.05) is 30.0 Å². The Bertz CT molecular complexity index is 414. The third-order valence-corrected chi connectivity index (χ3v) is 4.03. The average Bonchev–Trinajstić information content (AvgIpc) is 3.28. The number of carbonyl (C=O) groups excluding carboxylic acids is 1. The number of benzene rings is 1. The third-order valence-electron chi connectivity index (χ3n) is 4.03. The molecule has 19 heavy (non-hydrogen) atoms. The Hall–Kier alpha value is -1.35. The second-order valence-electron chi connectivity index (χ2n) is 5.54. The molecule has 1 aliphatic carbocycles. The zero-order valence-corrected chi connectivity index (χ0v) is 11.9. The SMILES string of the molecule is CC[C@H](N)C(=O)N(Cc1ccccc1)C(C)C1CC1. The Morgan fingerprint density at radius 3 is 2.53 bits per heavy atom. The normalized spacial score (nSPS) is 17.8. The van der Waals surface area contributed by atoms with Gasteiger partial charge in [0.2, 0.25) is 5.91 Å². The predicted octanol–water partition coefficient (Wildman–Crippen LogP) is 2.55. The molecular formula is C16H24N2O. The molecule has 3 nitrogen and oxygen atoms in total. The van der Waals surface area contributed by atoms with Crippen molar-refractivity contribution in [3.05, 3.63) is 35.9 Å². The summed E-state index contributed by atoms with van der Waals surface area (Å²) in [5.74, 6) is 0.752. The largest absolute Gasteiger partial charge is 0.334 e. The predicted molar refractivity (Wildman–Crippen MR) is 77.4 cm³/mol. The van der Waals surface area contributed by atoms with Gasteiger partial charge in [-0.15, -0.1) is 0 Å². The number of amides is 1. The van der Waals surface area contributed by atoms with Crippen molar-refractivity contribution in [2.75, 3.05) is 0 Å². The smallest absolute Gasteiger partial charge is 0.240 e. The fraction of sp³-hybridized carbons (Fsp3) is 0.562. The van der Waals surface area contributed by atoms with Gasteiger partial charge in [0.25, 0.3) is 0 Å². The highest BCUT2D eigenvalue weighted by atomic mass is 16.2. The van der Waals surface area contributed by atoms with Crippen molar-refractivity contribution in [3.63, 3.8) is 0 Å². The molecule has 0 aromatic heterocycles. The lowest BCUT2D eigenvalue weighted by Crippen LogP contribution is -2.47. The standard InChI is InChI=1S/C16H24N2O/c1-3-15(17)16(19)18(12(2)14-9-10-14)11-13-7-5-4-6-8-13/h4-8,12,14-15H,3,9-11,17H2,1-2H3/t12?,15-/m0/s1. The quantitative estimate of drug-likeness (QED) is 0.854. The van der Waals surface area contributed by atoms with E-state index in [4.69, 9.17) is 5.73 Å². The minimum atomic E-state index is -0.370. The fourth-order valence-electron chi connectivity index (χ4n) is 2.42. The molecule has 1 aromatic carbocycles. The van der Waals surface area contributed by atoms with E-state index in [1.165, 1.54) is 18.4 Å². The molecule has 0 aliphatic heterocycles. The van der Waals surface area contributed by atoms with Crippen LogP contribution in [0.15, 0.2) is 30.3 Å². The van der Waals surface area contributed by atoms with Gasteiger partial charge in [-0.25, -0.2) is 0 Å². The van der Waals surface area contributed by atoms with E-state index in [2.05, 4.69) is 19.1 Å². The topological polar surface area (TPSA) is 46.3 Å². The summed E-state index contributed by atoms with van der Waals surface area (Å²) in [7, 11) is 0. The van der Waals surface area contributed by atoms with E-state index in [0.29, 0.717) is 24.9 Å². The lowest BCUT2D eigenvalue weighted by Gasteiger charge is -2.31. The first kappa shape index (κ1) is 14.1. The van der Waals surface area contributed by atoms with E-state index < -0.39 is 0 Å². The van der Waals surface area contributed by atoms with Crippen molar-refractivity contribution in [2.45, 2.75) is 51.7 Å². The van der Waals surface area contributed by atoms with Crippen LogP contribution in [0, 0.1) is 5.92 Å². The molecule has 0 heterocycles. The Kier molecular flexibility index (Phi) is 4.59. The van der Waals surface area contributed by atoms with Crippen LogP contribution in [-0.2, 0) is 11.3 Å². The summed E-state index contributed by atoms with van der Waals surface area (Å²) in [5, 5.41) is 0. The van der Waals surface area contributed by atoms with E-state index in [-0.39, 0.29) is 11.9 Å². The van der Waals surface area contributed by atoms with Crippen molar-refractivity contribution in [1.29, 1.82) is 0 Å². The van der Waals surface area contributed by atoms with E-state index in [9.17, 15) is 4.79 Å². The molecule has 2 N–H and O–H groups in total. The monoisotopic (exact) mass is 260 g/mol. The van der Waals surface area contributed by atoms with Crippen LogP contribution in [0.1, 0.15) is 38.7 Å². The second-order valence-corrected chi connectivity index (χ2v) is 5.54. The molecule has 3 heteroatoms. The van der Waals surface area contributed by atoms with Crippen molar-refractivity contribution in [3.8, 4) is 0 Å². The first-order valence-electron chi connectivity index (χ1n) is 7.23. The zero-order chi connectivity index (χ0) is 13.8. The molecule has 2 rings (SSSR count). The third kappa shape index (κ3) is 3.57. The fourth-order valence-corrected chi connectivity index (χ4v) is 2.42. The summed E-state index contributed by atoms with van der Waals surface area (Å²) in [4.78, 5) is 14.4. The average molecular weight is 260 g/mol. The van der Waals surface area contributed by atoms with Crippen molar-refractivity contribution in [1.82, 2.24) is 4.90 Å². The maximum absolute atomic E-state index is 12.5. The summed E-state index contributed by atoms with van der Waals surface area (Å²) >= 11 is 0. The number of hydrogen-bond donors (Lipinski definition) is 1. The highest BCUT2D eigenvalue weighted by Gasteiger charge is 2.35. The first-order chi connectivity index (χ1) is 9.13. The summed E-state index contributed by atoms with van der Waals surface area (Å²) in [6.45, 7) is 4.79. The van der Waals surface area contributed by atoms with Crippen molar-refractivity contribution < 1.29 is 4.79 Å². The van der Waals surface area contributed by atoms with Gasteiger partial charge < -0.3 is 10.6 Å². The minimum absolute atomic E-state index is 0.0887. The highest BCUT2D eigenvalue weighted by molar-refractivity contribution is 5.81. The molecule has 1 aliphatic rings. The number of nitrogens with two attached hydrogens (primary N) is 1. The van der Waals surface area contributed by atoms with Gasteiger partial charge in [0.1, 0.15) is 0 Å². The van der Waals surface area contributed by atoms with Gasteiger partial charge in [-0.2, -0.15) is 0 Å². The molecule has 2 atom stereocenters. The lowest BCUT2D eigenvalue weighted by atomic mass is 10.1. The van der Waals surface area contributed by atoms with Gasteiger partial charge in [-0.1, -0.05) is 37.3 Å². The molecule has 0 bridgehead atoms. The van der Waals surface area contributed by atoms with Crippen molar-refractivity contribution >= 4 is 5.91 Å². The van der Waals surface area contributed by atoms with Crippen LogP contribution in [0.4, 0.5) is 0 Å². The molecule has 0 radical (unpaired) electrons. The van der Waals surface area contributed by atoms with E-state index in [0.717, 1.165) is 0 Å². The van der Waals surface area contributed by atoms with Crippen LogP contribution in [0.3, 0.4) is 0 Å². The van der Waals surface area contributed by atoms with Crippen LogP contribution in [0.5, 0.6) is 0 Å². The Labute approximate surface area is 115 Å². The molecular weight excluding hydrogens is 236 g/mol. The number of carbonyl (C=O) groups is 1. The Balaban J connectivity index is 2.11. The van der Waals surface area contributed by atoms with Gasteiger partial charge in [-0.05, 0) is 37.7 Å². The molecule has 1 amide bonds. The Morgan fingerprint density at radius 2 is 2.00 bits per heavy atom. The van der Waals surface area contributed by atoms with Crippen LogP contribution in [0.25, 0.3) is 0 Å². The number of nitrogens with zero attached hydrogens (tertiary/aromatic N) is 1. The maximum atomic E-state index is 12.5. The van der Waals surface area contributed by atoms with Crippen molar-refractivity contribution in [2.24, 2.45) is 11.7 Å².